The summed E-state index contributed by atoms with van der Waals surface area (Å²) in [4.78, 5) is 10.3. The average molecular weight is 419 g/mol. The largest absolute Gasteiger partial charge is 0.330 e. The quantitative estimate of drug-likeness (QED) is 0.389. The minimum Gasteiger partial charge on any atom is -0.330 e. The predicted octanol–water partition coefficient (Wildman–Crippen LogP) is 5.85. The van der Waals surface area contributed by atoms with Crippen LogP contribution in [0.3, 0.4) is 0 Å². The molecule has 29 heavy (non-hydrogen) atoms. The van der Waals surface area contributed by atoms with Crippen LogP contribution >= 0.6 is 22.9 Å². The maximum atomic E-state index is 6.57. The Morgan fingerprint density at radius 3 is 2.66 bits per heavy atom. The number of fused-ring (bicyclic) bond motifs is 3. The molecule has 0 aliphatic heterocycles. The van der Waals surface area contributed by atoms with Crippen molar-refractivity contribution >= 4 is 44.9 Å². The minimum absolute atomic E-state index is 0.710. The summed E-state index contributed by atoms with van der Waals surface area (Å²) >= 11 is 8.25. The van der Waals surface area contributed by atoms with Gasteiger partial charge in [-0.2, -0.15) is 0 Å². The van der Waals surface area contributed by atoms with Crippen molar-refractivity contribution in [2.24, 2.45) is 5.73 Å². The van der Waals surface area contributed by atoms with Crippen molar-refractivity contribution in [3.63, 3.8) is 0 Å². The Kier molecular flexibility index (Phi) is 4.79. The molecule has 5 aromatic rings. The maximum Gasteiger partial charge on any atom is 0.108 e. The highest BCUT2D eigenvalue weighted by atomic mass is 35.5. The van der Waals surface area contributed by atoms with E-state index in [0.29, 0.717) is 11.6 Å². The van der Waals surface area contributed by atoms with Crippen molar-refractivity contribution in [3.8, 4) is 16.1 Å². The molecule has 0 aliphatic rings. The molecule has 2 N–H and O–H groups in total. The Balaban J connectivity index is 1.69. The highest BCUT2D eigenvalue weighted by Crippen LogP contribution is 2.36. The van der Waals surface area contributed by atoms with Crippen LogP contribution in [-0.2, 0) is 6.42 Å². The van der Waals surface area contributed by atoms with Gasteiger partial charge >= 0.3 is 0 Å². The van der Waals surface area contributed by atoms with E-state index in [2.05, 4.69) is 56.3 Å². The molecule has 0 atom stereocenters. The maximum absolute atomic E-state index is 6.57. The van der Waals surface area contributed by atoms with Crippen molar-refractivity contribution in [2.45, 2.75) is 12.8 Å². The number of thiophene rings is 1. The van der Waals surface area contributed by atoms with Gasteiger partial charge in [-0.15, -0.1) is 11.3 Å². The summed E-state index contributed by atoms with van der Waals surface area (Å²) in [5.74, 6) is 0. The second-order valence-corrected chi connectivity index (χ2v) is 8.35. The highest BCUT2D eigenvalue weighted by Gasteiger charge is 2.14. The molecule has 2 aromatic carbocycles. The van der Waals surface area contributed by atoms with Crippen molar-refractivity contribution < 1.29 is 0 Å². The van der Waals surface area contributed by atoms with Gasteiger partial charge in [0.15, 0.2) is 0 Å². The molecule has 0 aliphatic carbocycles. The fraction of sp³-hybridized carbons (Fsp3) is 0.130. The van der Waals surface area contributed by atoms with E-state index in [1.165, 1.54) is 5.56 Å². The second kappa shape index (κ2) is 7.59. The number of aromatic nitrogens is 3. The molecule has 5 rings (SSSR count). The number of imidazole rings is 1. The monoisotopic (exact) mass is 418 g/mol. The summed E-state index contributed by atoms with van der Waals surface area (Å²) < 4.78 is 2.12. The fourth-order valence-electron chi connectivity index (χ4n) is 3.66. The number of aryl methyl sites for hydroxylation is 1. The van der Waals surface area contributed by atoms with Crippen LogP contribution in [0, 0.1) is 0 Å². The smallest absolute Gasteiger partial charge is 0.108 e. The number of nitrogens with zero attached hydrogens (tertiary/aromatic N) is 3. The molecule has 4 nitrogen and oxygen atoms in total. The van der Waals surface area contributed by atoms with Crippen LogP contribution in [0.4, 0.5) is 0 Å². The molecule has 0 saturated carbocycles. The number of halogens is 1. The number of hydrogen-bond acceptors (Lipinski definition) is 4. The fourth-order valence-corrected chi connectivity index (χ4v) is 4.73. The van der Waals surface area contributed by atoms with Crippen molar-refractivity contribution in [1.82, 2.24) is 14.5 Å². The third kappa shape index (κ3) is 3.31. The van der Waals surface area contributed by atoms with Gasteiger partial charge in [-0.1, -0.05) is 29.8 Å². The molecular formula is C23H19ClN4S. The molecule has 0 bridgehead atoms. The lowest BCUT2D eigenvalue weighted by Gasteiger charge is -2.10. The van der Waals surface area contributed by atoms with Crippen molar-refractivity contribution in [1.29, 1.82) is 0 Å². The first-order chi connectivity index (χ1) is 14.2. The molecule has 0 fully saturated rings. The second-order valence-electron chi connectivity index (χ2n) is 6.99. The minimum atomic E-state index is 0.710. The van der Waals surface area contributed by atoms with E-state index in [9.17, 15) is 0 Å². The first-order valence-electron chi connectivity index (χ1n) is 9.53. The standard InChI is InChI=1S/C23H19ClN4S/c24-19-12-20-18(11-17(19)22-4-2-10-29-22)23-21(13-26-20)27-14-28(23)16-7-5-15(6-8-16)3-1-9-25/h2,4-8,10-14H,1,3,9,25H2. The van der Waals surface area contributed by atoms with E-state index < -0.39 is 0 Å². The Hall–Kier alpha value is -2.73. The summed E-state index contributed by atoms with van der Waals surface area (Å²) in [5.41, 5.74) is 11.8. The SMILES string of the molecule is NCCCc1ccc(-n2cnc3cnc4cc(Cl)c(-c5cccs5)cc4c32)cc1. The van der Waals surface area contributed by atoms with Crippen LogP contribution in [-0.4, -0.2) is 21.1 Å². The summed E-state index contributed by atoms with van der Waals surface area (Å²) in [6, 6.07) is 16.8. The van der Waals surface area contributed by atoms with Gasteiger partial charge in [-0.3, -0.25) is 9.55 Å². The van der Waals surface area contributed by atoms with Crippen LogP contribution in [0.5, 0.6) is 0 Å². The third-order valence-corrected chi connectivity index (χ3v) is 6.35. The van der Waals surface area contributed by atoms with Crippen LogP contribution < -0.4 is 5.73 Å². The Morgan fingerprint density at radius 2 is 1.90 bits per heavy atom. The summed E-state index contributed by atoms with van der Waals surface area (Å²) in [7, 11) is 0. The number of nitrogens with two attached hydrogens (primary N) is 1. The highest BCUT2D eigenvalue weighted by molar-refractivity contribution is 7.13. The van der Waals surface area contributed by atoms with Gasteiger partial charge in [0.1, 0.15) is 11.8 Å². The molecule has 0 spiro atoms. The number of rotatable bonds is 5. The lowest BCUT2D eigenvalue weighted by molar-refractivity contribution is 0.832. The molecule has 3 heterocycles. The molecule has 0 amide bonds. The van der Waals surface area contributed by atoms with E-state index in [1.54, 1.807) is 11.3 Å². The molecule has 0 saturated heterocycles. The summed E-state index contributed by atoms with van der Waals surface area (Å²) in [5, 5.41) is 3.81. The Bertz CT molecular complexity index is 1290. The Labute approximate surface area is 177 Å². The Morgan fingerprint density at radius 1 is 1.03 bits per heavy atom. The first-order valence-corrected chi connectivity index (χ1v) is 10.8. The van der Waals surface area contributed by atoms with Crippen LogP contribution in [0.2, 0.25) is 5.02 Å². The van der Waals surface area contributed by atoms with Gasteiger partial charge in [0.2, 0.25) is 0 Å². The van der Waals surface area contributed by atoms with Gasteiger partial charge < -0.3 is 5.73 Å². The predicted molar refractivity (Wildman–Crippen MR) is 122 cm³/mol. The van der Waals surface area contributed by atoms with Gasteiger partial charge in [0, 0.05) is 21.5 Å². The van der Waals surface area contributed by atoms with E-state index in [1.807, 2.05) is 24.7 Å². The zero-order valence-corrected chi connectivity index (χ0v) is 17.2. The molecule has 6 heteroatoms. The number of hydrogen-bond donors (Lipinski definition) is 1. The van der Waals surface area contributed by atoms with Crippen LogP contribution in [0.25, 0.3) is 38.1 Å². The van der Waals surface area contributed by atoms with Gasteiger partial charge in [-0.25, -0.2) is 4.98 Å². The number of pyridine rings is 1. The van der Waals surface area contributed by atoms with E-state index >= 15 is 0 Å². The molecule has 0 radical (unpaired) electrons. The normalized spacial score (nSPS) is 11.5. The van der Waals surface area contributed by atoms with Crippen molar-refractivity contribution in [3.05, 3.63) is 77.0 Å². The van der Waals surface area contributed by atoms with E-state index in [-0.39, 0.29) is 0 Å². The van der Waals surface area contributed by atoms with Gasteiger partial charge in [0.05, 0.1) is 22.3 Å². The zero-order chi connectivity index (χ0) is 19.8. The summed E-state index contributed by atoms with van der Waals surface area (Å²) in [6.07, 6.45) is 5.66. The average Bonchev–Trinajstić information content (AvgIpc) is 3.42. The van der Waals surface area contributed by atoms with Crippen molar-refractivity contribution in [2.75, 3.05) is 6.54 Å². The van der Waals surface area contributed by atoms with Gasteiger partial charge in [-0.05, 0) is 60.7 Å². The zero-order valence-electron chi connectivity index (χ0n) is 15.7. The third-order valence-electron chi connectivity index (χ3n) is 5.13. The van der Waals surface area contributed by atoms with Crippen LogP contribution in [0.1, 0.15) is 12.0 Å². The lowest BCUT2D eigenvalue weighted by atomic mass is 10.1. The molecule has 3 aromatic heterocycles. The van der Waals surface area contributed by atoms with Gasteiger partial charge in [0.25, 0.3) is 0 Å². The molecule has 0 unspecified atom stereocenters. The topological polar surface area (TPSA) is 56.7 Å². The lowest BCUT2D eigenvalue weighted by Crippen LogP contribution is -2.00. The molecule has 144 valence electrons. The number of benzene rings is 2. The van der Waals surface area contributed by atoms with E-state index in [4.69, 9.17) is 17.3 Å². The van der Waals surface area contributed by atoms with E-state index in [0.717, 1.165) is 50.9 Å². The first kappa shape index (κ1) is 18.3. The summed E-state index contributed by atoms with van der Waals surface area (Å²) in [6.45, 7) is 0.710. The van der Waals surface area contributed by atoms with Crippen LogP contribution in [0.15, 0.2) is 66.4 Å². The molecular weight excluding hydrogens is 400 g/mol.